The van der Waals surface area contributed by atoms with Crippen LogP contribution < -0.4 is 0 Å². The molecule has 2 aromatic carbocycles. The number of nitro groups is 2. The van der Waals surface area contributed by atoms with Crippen molar-refractivity contribution < 1.29 is 9.85 Å². The molecule has 0 unspecified atom stereocenters. The van der Waals surface area contributed by atoms with Crippen molar-refractivity contribution in [2.24, 2.45) is 0 Å². The second kappa shape index (κ2) is 5.18. The Balaban J connectivity index is 2.04. The predicted molar refractivity (Wildman–Crippen MR) is 86.0 cm³/mol. The number of benzene rings is 2. The molecule has 0 bridgehead atoms. The number of alkyl halides is 2. The molecule has 23 heavy (non-hydrogen) atoms. The summed E-state index contributed by atoms with van der Waals surface area (Å²) in [6.07, 6.45) is 0.429. The van der Waals surface area contributed by atoms with Gasteiger partial charge in [-0.1, -0.05) is 24.3 Å². The van der Waals surface area contributed by atoms with Crippen LogP contribution in [0, 0.1) is 20.2 Å². The van der Waals surface area contributed by atoms with E-state index in [1.807, 2.05) is 0 Å². The Kier molecular flexibility index (Phi) is 3.54. The minimum absolute atomic E-state index is 0.0250. The zero-order chi connectivity index (χ0) is 16.8. The quantitative estimate of drug-likeness (QED) is 0.464. The molecule has 1 saturated carbocycles. The summed E-state index contributed by atoms with van der Waals surface area (Å²) in [6, 6.07) is 12.0. The zero-order valence-electron chi connectivity index (χ0n) is 11.6. The van der Waals surface area contributed by atoms with Gasteiger partial charge >= 0.3 is 0 Å². The fourth-order valence-electron chi connectivity index (χ4n) is 2.82. The molecule has 8 heteroatoms. The number of non-ortho nitro benzene ring substituents is 2. The van der Waals surface area contributed by atoms with Crippen molar-refractivity contribution >= 4 is 34.6 Å². The zero-order valence-corrected chi connectivity index (χ0v) is 13.1. The molecule has 1 fully saturated rings. The van der Waals surface area contributed by atoms with Gasteiger partial charge in [-0.3, -0.25) is 20.2 Å². The summed E-state index contributed by atoms with van der Waals surface area (Å²) in [5.74, 6) is 0. The van der Waals surface area contributed by atoms with Gasteiger partial charge in [-0.25, -0.2) is 0 Å². The third-order valence-electron chi connectivity index (χ3n) is 4.13. The van der Waals surface area contributed by atoms with E-state index in [1.54, 1.807) is 24.3 Å². The van der Waals surface area contributed by atoms with Crippen LogP contribution in [0.5, 0.6) is 0 Å². The SMILES string of the molecule is O=[N+]([O-])c1ccc(C2(c3ccc([N+](=O)[O-])cc3)CC2(Cl)Cl)cc1. The summed E-state index contributed by atoms with van der Waals surface area (Å²) >= 11 is 12.7. The summed E-state index contributed by atoms with van der Waals surface area (Å²) in [5, 5.41) is 21.5. The van der Waals surface area contributed by atoms with Crippen molar-refractivity contribution in [2.45, 2.75) is 16.2 Å². The first kappa shape index (κ1) is 15.7. The number of hydrogen-bond acceptors (Lipinski definition) is 4. The van der Waals surface area contributed by atoms with Crippen LogP contribution in [0.1, 0.15) is 17.5 Å². The molecule has 0 amide bonds. The van der Waals surface area contributed by atoms with Crippen molar-refractivity contribution in [2.75, 3.05) is 0 Å². The number of nitrogens with zero attached hydrogens (tertiary/aromatic N) is 2. The Morgan fingerprint density at radius 1 is 0.783 bits per heavy atom. The molecule has 0 atom stereocenters. The fourth-order valence-corrected chi connectivity index (χ4v) is 3.65. The summed E-state index contributed by atoms with van der Waals surface area (Å²) in [4.78, 5) is 20.6. The monoisotopic (exact) mass is 352 g/mol. The van der Waals surface area contributed by atoms with Gasteiger partial charge in [0, 0.05) is 24.3 Å². The third kappa shape index (κ3) is 2.44. The van der Waals surface area contributed by atoms with Crippen molar-refractivity contribution in [3.8, 4) is 0 Å². The first-order valence-corrected chi connectivity index (χ1v) is 7.41. The van der Waals surface area contributed by atoms with E-state index in [0.29, 0.717) is 6.42 Å². The van der Waals surface area contributed by atoms with E-state index in [1.165, 1.54) is 24.3 Å². The molecule has 0 spiro atoms. The Morgan fingerprint density at radius 2 is 1.09 bits per heavy atom. The number of halogens is 2. The van der Waals surface area contributed by atoms with Gasteiger partial charge in [-0.2, -0.15) is 0 Å². The van der Waals surface area contributed by atoms with Gasteiger partial charge in [0.15, 0.2) is 0 Å². The summed E-state index contributed by atoms with van der Waals surface area (Å²) in [6.45, 7) is 0. The van der Waals surface area contributed by atoms with Crippen molar-refractivity contribution in [3.05, 3.63) is 79.9 Å². The second-order valence-electron chi connectivity index (χ2n) is 5.39. The molecule has 6 nitrogen and oxygen atoms in total. The van der Waals surface area contributed by atoms with Crippen molar-refractivity contribution in [1.82, 2.24) is 0 Å². The lowest BCUT2D eigenvalue weighted by Gasteiger charge is -2.19. The maximum atomic E-state index is 10.8. The second-order valence-corrected chi connectivity index (χ2v) is 6.88. The van der Waals surface area contributed by atoms with Crippen molar-refractivity contribution in [3.63, 3.8) is 0 Å². The lowest BCUT2D eigenvalue weighted by Crippen LogP contribution is -2.17. The van der Waals surface area contributed by atoms with Crippen LogP contribution in [0.2, 0.25) is 0 Å². The van der Waals surface area contributed by atoms with E-state index in [0.717, 1.165) is 11.1 Å². The molecular formula is C15H10Cl2N2O4. The Morgan fingerprint density at radius 3 is 1.30 bits per heavy atom. The van der Waals surface area contributed by atoms with Crippen molar-refractivity contribution in [1.29, 1.82) is 0 Å². The lowest BCUT2D eigenvalue weighted by atomic mass is 9.87. The molecular weight excluding hydrogens is 343 g/mol. The lowest BCUT2D eigenvalue weighted by molar-refractivity contribution is -0.385. The average molecular weight is 353 g/mol. The van der Waals surface area contributed by atoms with Gasteiger partial charge in [-0.15, -0.1) is 23.2 Å². The van der Waals surface area contributed by atoms with E-state index in [9.17, 15) is 20.2 Å². The normalized spacial score (nSPS) is 17.5. The minimum Gasteiger partial charge on any atom is -0.258 e. The molecule has 0 N–H and O–H groups in total. The fraction of sp³-hybridized carbons (Fsp3) is 0.200. The van der Waals surface area contributed by atoms with E-state index in [2.05, 4.69) is 0 Å². The largest absolute Gasteiger partial charge is 0.269 e. The Bertz CT molecular complexity index is 731. The molecule has 0 aliphatic heterocycles. The van der Waals surface area contributed by atoms with E-state index >= 15 is 0 Å². The molecule has 118 valence electrons. The highest BCUT2D eigenvalue weighted by atomic mass is 35.5. The first-order chi connectivity index (χ1) is 10.8. The molecule has 0 aromatic heterocycles. The predicted octanol–water partition coefficient (Wildman–Crippen LogP) is 4.37. The van der Waals surface area contributed by atoms with Crippen LogP contribution in [0.3, 0.4) is 0 Å². The molecule has 0 saturated heterocycles. The number of hydrogen-bond donors (Lipinski definition) is 0. The standard InChI is InChI=1S/C15H10Cl2N2O4/c16-15(17)9-14(15,10-1-5-12(6-2-10)18(20)21)11-3-7-13(8-4-11)19(22)23/h1-8H,9H2. The molecule has 3 rings (SSSR count). The maximum Gasteiger partial charge on any atom is 0.269 e. The highest BCUT2D eigenvalue weighted by molar-refractivity contribution is 6.52. The van der Waals surface area contributed by atoms with Gasteiger partial charge in [-0.05, 0) is 17.5 Å². The Labute approximate surface area is 140 Å². The van der Waals surface area contributed by atoms with E-state index in [4.69, 9.17) is 23.2 Å². The third-order valence-corrected chi connectivity index (χ3v) is 5.04. The topological polar surface area (TPSA) is 86.3 Å². The van der Waals surface area contributed by atoms with Crippen LogP contribution >= 0.6 is 23.2 Å². The molecule has 1 aliphatic carbocycles. The Hall–Kier alpha value is -2.18. The summed E-state index contributed by atoms with van der Waals surface area (Å²) in [5.41, 5.74) is 0.704. The average Bonchev–Trinajstić information content (AvgIpc) is 3.11. The minimum atomic E-state index is -1.06. The van der Waals surface area contributed by atoms with Crippen LogP contribution in [0.15, 0.2) is 48.5 Å². The van der Waals surface area contributed by atoms with Gasteiger partial charge in [0.25, 0.3) is 11.4 Å². The first-order valence-electron chi connectivity index (χ1n) is 6.66. The van der Waals surface area contributed by atoms with Gasteiger partial charge in [0.05, 0.1) is 15.3 Å². The van der Waals surface area contributed by atoms with E-state index in [-0.39, 0.29) is 11.4 Å². The molecule has 1 aliphatic rings. The highest BCUT2D eigenvalue weighted by Crippen LogP contribution is 2.68. The maximum absolute atomic E-state index is 10.8. The number of rotatable bonds is 4. The van der Waals surface area contributed by atoms with Crippen LogP contribution in [-0.2, 0) is 5.41 Å². The summed E-state index contributed by atoms with van der Waals surface area (Å²) in [7, 11) is 0. The van der Waals surface area contributed by atoms with Crippen LogP contribution in [0.25, 0.3) is 0 Å². The summed E-state index contributed by atoms with van der Waals surface area (Å²) < 4.78 is -1.06. The van der Waals surface area contributed by atoms with Crippen LogP contribution in [-0.4, -0.2) is 14.2 Å². The van der Waals surface area contributed by atoms with Gasteiger partial charge in [0.1, 0.15) is 4.33 Å². The smallest absolute Gasteiger partial charge is 0.258 e. The van der Waals surface area contributed by atoms with Gasteiger partial charge in [0.2, 0.25) is 0 Å². The van der Waals surface area contributed by atoms with E-state index < -0.39 is 19.6 Å². The molecule has 2 aromatic rings. The highest BCUT2D eigenvalue weighted by Gasteiger charge is 2.68. The molecule has 0 radical (unpaired) electrons. The van der Waals surface area contributed by atoms with Gasteiger partial charge < -0.3 is 0 Å². The van der Waals surface area contributed by atoms with Crippen LogP contribution in [0.4, 0.5) is 11.4 Å². The molecule has 0 heterocycles. The number of nitro benzene ring substituents is 2.